The number of nitrogens with one attached hydrogen (secondary N) is 1. The van der Waals surface area contributed by atoms with Crippen molar-refractivity contribution in [2.75, 3.05) is 20.8 Å². The molecule has 0 aliphatic rings. The van der Waals surface area contributed by atoms with Gasteiger partial charge in [0.25, 0.3) is 0 Å². The van der Waals surface area contributed by atoms with E-state index < -0.39 is 21.9 Å². The highest BCUT2D eigenvalue weighted by Crippen LogP contribution is 2.24. The normalized spacial score (nSPS) is 13.3. The maximum Gasteiger partial charge on any atom is 0.244 e. The molecule has 0 aromatic heterocycles. The highest BCUT2D eigenvalue weighted by atomic mass is 32.2. The molecule has 18 heavy (non-hydrogen) atoms. The lowest BCUT2D eigenvalue weighted by Gasteiger charge is -2.15. The van der Waals surface area contributed by atoms with Crippen molar-refractivity contribution >= 4 is 10.0 Å². The van der Waals surface area contributed by atoms with Crippen LogP contribution in [0.1, 0.15) is 6.92 Å². The van der Waals surface area contributed by atoms with E-state index in [0.717, 1.165) is 12.1 Å². The zero-order valence-electron chi connectivity index (χ0n) is 10.4. The van der Waals surface area contributed by atoms with Gasteiger partial charge in [-0.25, -0.2) is 17.5 Å². The van der Waals surface area contributed by atoms with E-state index >= 15 is 0 Å². The van der Waals surface area contributed by atoms with Crippen molar-refractivity contribution in [2.24, 2.45) is 0 Å². The molecule has 0 aliphatic heterocycles. The summed E-state index contributed by atoms with van der Waals surface area (Å²) in [5.41, 5.74) is 0. The van der Waals surface area contributed by atoms with Crippen molar-refractivity contribution in [1.29, 1.82) is 0 Å². The number of hydrogen-bond donors (Lipinski definition) is 1. The molecule has 7 heteroatoms. The van der Waals surface area contributed by atoms with Crippen LogP contribution in [0.5, 0.6) is 5.75 Å². The first-order valence-corrected chi connectivity index (χ1v) is 6.74. The molecular weight excluding hydrogens is 261 g/mol. The van der Waals surface area contributed by atoms with Gasteiger partial charge in [-0.3, -0.25) is 0 Å². The van der Waals surface area contributed by atoms with Crippen LogP contribution in [0, 0.1) is 5.82 Å². The lowest BCUT2D eigenvalue weighted by atomic mass is 10.3. The van der Waals surface area contributed by atoms with Crippen molar-refractivity contribution in [1.82, 2.24) is 4.72 Å². The standard InChI is InChI=1S/C11H16FNO4S/c1-8(7-16-2)13-18(14,15)11-6-9(12)4-5-10(11)17-3/h4-6,8,13H,7H2,1-3H3/t8-/m0/s1. The van der Waals surface area contributed by atoms with Crippen LogP contribution in [0.3, 0.4) is 0 Å². The molecule has 102 valence electrons. The molecule has 0 aliphatic carbocycles. The molecule has 1 N–H and O–H groups in total. The smallest absolute Gasteiger partial charge is 0.244 e. The summed E-state index contributed by atoms with van der Waals surface area (Å²) in [7, 11) is -1.05. The number of hydrogen-bond acceptors (Lipinski definition) is 4. The first-order valence-electron chi connectivity index (χ1n) is 5.25. The number of benzene rings is 1. The second-order valence-corrected chi connectivity index (χ2v) is 5.46. The third kappa shape index (κ3) is 3.66. The fourth-order valence-corrected chi connectivity index (χ4v) is 2.88. The highest BCUT2D eigenvalue weighted by molar-refractivity contribution is 7.89. The number of methoxy groups -OCH3 is 2. The Labute approximate surface area is 106 Å². The van der Waals surface area contributed by atoms with Crippen molar-refractivity contribution in [3.63, 3.8) is 0 Å². The number of sulfonamides is 1. The van der Waals surface area contributed by atoms with Crippen LogP contribution in [0.4, 0.5) is 4.39 Å². The topological polar surface area (TPSA) is 64.6 Å². The lowest BCUT2D eigenvalue weighted by Crippen LogP contribution is -2.35. The fourth-order valence-electron chi connectivity index (χ4n) is 1.47. The minimum absolute atomic E-state index is 0.0912. The van der Waals surface area contributed by atoms with Gasteiger partial charge in [0.15, 0.2) is 0 Å². The van der Waals surface area contributed by atoms with Crippen LogP contribution in [0.15, 0.2) is 23.1 Å². The Morgan fingerprint density at radius 2 is 2.06 bits per heavy atom. The average molecular weight is 277 g/mol. The monoisotopic (exact) mass is 277 g/mol. The van der Waals surface area contributed by atoms with Gasteiger partial charge < -0.3 is 9.47 Å². The summed E-state index contributed by atoms with van der Waals surface area (Å²) in [6.07, 6.45) is 0. The van der Waals surface area contributed by atoms with E-state index in [1.165, 1.54) is 20.3 Å². The number of ether oxygens (including phenoxy) is 2. The number of rotatable bonds is 6. The predicted molar refractivity (Wildman–Crippen MR) is 64.6 cm³/mol. The molecule has 0 saturated carbocycles. The molecule has 0 fully saturated rings. The molecular formula is C11H16FNO4S. The maximum absolute atomic E-state index is 13.1. The molecule has 1 aromatic rings. The molecule has 0 heterocycles. The second-order valence-electron chi connectivity index (χ2n) is 3.77. The van der Waals surface area contributed by atoms with E-state index in [0.29, 0.717) is 0 Å². The zero-order chi connectivity index (χ0) is 13.8. The molecule has 1 aromatic carbocycles. The molecule has 1 atom stereocenters. The van der Waals surface area contributed by atoms with Crippen molar-refractivity contribution in [3.8, 4) is 5.75 Å². The lowest BCUT2D eigenvalue weighted by molar-refractivity contribution is 0.180. The van der Waals surface area contributed by atoms with E-state index in [4.69, 9.17) is 9.47 Å². The highest BCUT2D eigenvalue weighted by Gasteiger charge is 2.22. The van der Waals surface area contributed by atoms with Crippen LogP contribution in [0.2, 0.25) is 0 Å². The molecule has 1 rings (SSSR count). The van der Waals surface area contributed by atoms with Crippen LogP contribution in [0.25, 0.3) is 0 Å². The number of halogens is 1. The summed E-state index contributed by atoms with van der Waals surface area (Å²) in [5.74, 6) is -0.552. The van der Waals surface area contributed by atoms with Crippen molar-refractivity contribution < 1.29 is 22.3 Å². The first kappa shape index (κ1) is 14.9. The minimum atomic E-state index is -3.84. The fraction of sp³-hybridized carbons (Fsp3) is 0.455. The molecule has 0 bridgehead atoms. The zero-order valence-corrected chi connectivity index (χ0v) is 11.3. The summed E-state index contributed by atoms with van der Waals surface area (Å²) in [6, 6.07) is 2.90. The van der Waals surface area contributed by atoms with Crippen LogP contribution < -0.4 is 9.46 Å². The summed E-state index contributed by atoms with van der Waals surface area (Å²) in [5, 5.41) is 0. The van der Waals surface area contributed by atoms with Gasteiger partial charge >= 0.3 is 0 Å². The van der Waals surface area contributed by atoms with Gasteiger partial charge in [0.05, 0.1) is 13.7 Å². The molecule has 5 nitrogen and oxygen atoms in total. The summed E-state index contributed by atoms with van der Waals surface area (Å²) in [4.78, 5) is -0.229. The Hall–Kier alpha value is -1.18. The summed E-state index contributed by atoms with van der Waals surface area (Å²) >= 11 is 0. The quantitative estimate of drug-likeness (QED) is 0.847. The van der Waals surface area contributed by atoms with Crippen LogP contribution >= 0.6 is 0 Å². The van der Waals surface area contributed by atoms with Crippen molar-refractivity contribution in [3.05, 3.63) is 24.0 Å². The van der Waals surface area contributed by atoms with Crippen LogP contribution in [-0.4, -0.2) is 35.3 Å². The van der Waals surface area contributed by atoms with E-state index in [1.807, 2.05) is 0 Å². The van der Waals surface area contributed by atoms with Crippen molar-refractivity contribution in [2.45, 2.75) is 17.9 Å². The Morgan fingerprint density at radius 1 is 1.39 bits per heavy atom. The molecule has 0 saturated heterocycles. The SMILES string of the molecule is COC[C@H](C)NS(=O)(=O)c1cc(F)ccc1OC. The van der Waals surface area contributed by atoms with Gasteiger partial charge in [0.1, 0.15) is 16.5 Å². The molecule has 0 amide bonds. The maximum atomic E-state index is 13.1. The Kier molecular flexibility index (Phi) is 5.06. The summed E-state index contributed by atoms with van der Waals surface area (Å²) in [6.45, 7) is 1.86. The van der Waals surface area contributed by atoms with E-state index in [9.17, 15) is 12.8 Å². The van der Waals surface area contributed by atoms with Gasteiger partial charge in [0, 0.05) is 13.2 Å². The van der Waals surface area contributed by atoms with Gasteiger partial charge in [-0.05, 0) is 25.1 Å². The molecule has 0 unspecified atom stereocenters. The summed E-state index contributed by atoms with van der Waals surface area (Å²) < 4.78 is 49.3. The third-order valence-corrected chi connectivity index (χ3v) is 3.80. The Bertz CT molecular complexity index is 504. The largest absolute Gasteiger partial charge is 0.495 e. The average Bonchev–Trinajstić information content (AvgIpc) is 2.28. The molecule has 0 spiro atoms. The van der Waals surface area contributed by atoms with Gasteiger partial charge in [-0.2, -0.15) is 0 Å². The minimum Gasteiger partial charge on any atom is -0.495 e. The second kappa shape index (κ2) is 6.12. The van der Waals surface area contributed by atoms with E-state index in [1.54, 1.807) is 6.92 Å². The third-order valence-electron chi connectivity index (χ3n) is 2.19. The molecule has 0 radical (unpaired) electrons. The van der Waals surface area contributed by atoms with Gasteiger partial charge in [0.2, 0.25) is 10.0 Å². The van der Waals surface area contributed by atoms with E-state index in [2.05, 4.69) is 4.72 Å². The van der Waals surface area contributed by atoms with Gasteiger partial charge in [-0.15, -0.1) is 0 Å². The van der Waals surface area contributed by atoms with Crippen LogP contribution in [-0.2, 0) is 14.8 Å². The predicted octanol–water partition coefficient (Wildman–Crippen LogP) is 1.15. The van der Waals surface area contributed by atoms with E-state index in [-0.39, 0.29) is 17.3 Å². The van der Waals surface area contributed by atoms with Gasteiger partial charge in [-0.1, -0.05) is 0 Å². The Balaban J connectivity index is 3.07. The Morgan fingerprint density at radius 3 is 2.61 bits per heavy atom. The first-order chi connectivity index (χ1) is 8.40.